The Bertz CT molecular complexity index is 144. The van der Waals surface area contributed by atoms with Crippen molar-refractivity contribution in [3.63, 3.8) is 0 Å². The van der Waals surface area contributed by atoms with Crippen molar-refractivity contribution in [3.8, 4) is 0 Å². The highest BCUT2D eigenvalue weighted by Gasteiger charge is 2.19. The lowest BCUT2D eigenvalue weighted by Crippen LogP contribution is -2.41. The van der Waals surface area contributed by atoms with Crippen LogP contribution in [0.2, 0.25) is 0 Å². The fourth-order valence-corrected chi connectivity index (χ4v) is 0.468. The maximum absolute atomic E-state index is 11.0. The minimum atomic E-state index is -0.106. The second-order valence-electron chi connectivity index (χ2n) is 3.27. The molecule has 58 valence electrons. The zero-order valence-corrected chi connectivity index (χ0v) is 7.14. The number of nitrogens with zero attached hydrogens (tertiary/aromatic N) is 1. The molecule has 0 aliphatic rings. The minimum Gasteiger partial charge on any atom is -0.337 e. The minimum absolute atomic E-state index is 0.0347. The molecule has 0 fully saturated rings. The number of carbonyl (C=O) groups is 1. The summed E-state index contributed by atoms with van der Waals surface area (Å²) in [4.78, 5) is 12.6. The van der Waals surface area contributed by atoms with Gasteiger partial charge in [-0.25, -0.2) is 0 Å². The molecule has 0 aromatic heterocycles. The summed E-state index contributed by atoms with van der Waals surface area (Å²) in [6.07, 6.45) is 1.32. The maximum atomic E-state index is 11.0. The van der Waals surface area contributed by atoms with Crippen LogP contribution in [0.5, 0.6) is 0 Å². The Morgan fingerprint density at radius 1 is 1.50 bits per heavy atom. The molecule has 2 heteroatoms. The second-order valence-corrected chi connectivity index (χ2v) is 3.27. The zero-order chi connectivity index (χ0) is 8.36. The molecule has 0 unspecified atom stereocenters. The first kappa shape index (κ1) is 9.21. The number of likely N-dealkylation sites (N-methyl/N-ethyl adjacent to an activating group) is 1. The van der Waals surface area contributed by atoms with Crippen LogP contribution in [0.1, 0.15) is 20.8 Å². The van der Waals surface area contributed by atoms with Crippen LogP contribution in [-0.4, -0.2) is 23.4 Å². The number of carbonyl (C=O) groups excluding carboxylic acids is 1. The first-order chi connectivity index (χ1) is 4.39. The van der Waals surface area contributed by atoms with Gasteiger partial charge in [0.2, 0.25) is 5.91 Å². The summed E-state index contributed by atoms with van der Waals surface area (Å²) in [5, 5.41) is 0. The Morgan fingerprint density at radius 2 is 1.90 bits per heavy atom. The Morgan fingerprint density at radius 3 is 2.00 bits per heavy atom. The number of hydrogen-bond donors (Lipinski definition) is 0. The van der Waals surface area contributed by atoms with E-state index in [2.05, 4.69) is 6.58 Å². The van der Waals surface area contributed by atoms with Gasteiger partial charge in [-0.15, -0.1) is 0 Å². The van der Waals surface area contributed by atoms with Gasteiger partial charge >= 0.3 is 0 Å². The quantitative estimate of drug-likeness (QED) is 0.506. The number of amides is 1. The highest BCUT2D eigenvalue weighted by molar-refractivity contribution is 5.87. The van der Waals surface area contributed by atoms with Crippen molar-refractivity contribution in [1.29, 1.82) is 0 Å². The van der Waals surface area contributed by atoms with Crippen LogP contribution in [0.4, 0.5) is 0 Å². The van der Waals surface area contributed by atoms with Crippen molar-refractivity contribution in [2.75, 3.05) is 7.05 Å². The lowest BCUT2D eigenvalue weighted by Gasteiger charge is -2.30. The normalized spacial score (nSPS) is 10.8. The Hall–Kier alpha value is -0.790. The smallest absolute Gasteiger partial charge is 0.246 e. The summed E-state index contributed by atoms with van der Waals surface area (Å²) >= 11 is 0. The molecular weight excluding hydrogens is 126 g/mol. The summed E-state index contributed by atoms with van der Waals surface area (Å²) < 4.78 is 0. The van der Waals surface area contributed by atoms with Crippen LogP contribution in [0.25, 0.3) is 0 Å². The third-order valence-corrected chi connectivity index (χ3v) is 1.51. The molecule has 0 N–H and O–H groups in total. The molecule has 10 heavy (non-hydrogen) atoms. The molecule has 0 saturated carbocycles. The van der Waals surface area contributed by atoms with Gasteiger partial charge in [0, 0.05) is 12.6 Å². The first-order valence-corrected chi connectivity index (χ1v) is 3.30. The largest absolute Gasteiger partial charge is 0.337 e. The molecule has 0 aliphatic carbocycles. The SMILES string of the molecule is C=CC(=O)N(C)C(C)(C)C. The zero-order valence-electron chi connectivity index (χ0n) is 7.14. The predicted octanol–water partition coefficient (Wildman–Crippen LogP) is 1.43. The van der Waals surface area contributed by atoms with Gasteiger partial charge in [0.15, 0.2) is 0 Å². The lowest BCUT2D eigenvalue weighted by atomic mass is 10.1. The monoisotopic (exact) mass is 141 g/mol. The van der Waals surface area contributed by atoms with E-state index in [1.165, 1.54) is 6.08 Å². The van der Waals surface area contributed by atoms with E-state index in [9.17, 15) is 4.79 Å². The van der Waals surface area contributed by atoms with Crippen LogP contribution in [0.15, 0.2) is 12.7 Å². The van der Waals surface area contributed by atoms with Crippen LogP contribution >= 0.6 is 0 Å². The summed E-state index contributed by atoms with van der Waals surface area (Å²) in [5.41, 5.74) is -0.106. The summed E-state index contributed by atoms with van der Waals surface area (Å²) in [6, 6.07) is 0. The third kappa shape index (κ3) is 2.21. The van der Waals surface area contributed by atoms with Gasteiger partial charge in [-0.3, -0.25) is 4.79 Å². The van der Waals surface area contributed by atoms with Crippen molar-refractivity contribution in [1.82, 2.24) is 4.90 Å². The second kappa shape index (κ2) is 2.86. The molecule has 0 heterocycles. The molecule has 0 spiro atoms. The van der Waals surface area contributed by atoms with E-state index >= 15 is 0 Å². The van der Waals surface area contributed by atoms with Gasteiger partial charge in [-0.05, 0) is 26.8 Å². The van der Waals surface area contributed by atoms with Crippen molar-refractivity contribution in [2.45, 2.75) is 26.3 Å². The molecule has 0 rings (SSSR count). The van der Waals surface area contributed by atoms with Gasteiger partial charge in [0.1, 0.15) is 0 Å². The predicted molar refractivity (Wildman–Crippen MR) is 42.7 cm³/mol. The Balaban J connectivity index is 4.21. The standard InChI is InChI=1S/C8H15NO/c1-6-7(10)9(5)8(2,3)4/h6H,1H2,2-5H3. The van der Waals surface area contributed by atoms with Crippen molar-refractivity contribution in [2.24, 2.45) is 0 Å². The van der Waals surface area contributed by atoms with Gasteiger partial charge in [-0.1, -0.05) is 6.58 Å². The van der Waals surface area contributed by atoms with E-state index in [0.717, 1.165) is 0 Å². The van der Waals surface area contributed by atoms with E-state index < -0.39 is 0 Å². The number of rotatable bonds is 1. The summed E-state index contributed by atoms with van der Waals surface area (Å²) in [7, 11) is 1.77. The number of hydrogen-bond acceptors (Lipinski definition) is 1. The molecule has 0 radical (unpaired) electrons. The molecule has 0 bridgehead atoms. The Kier molecular flexibility index (Phi) is 2.64. The fraction of sp³-hybridized carbons (Fsp3) is 0.625. The van der Waals surface area contributed by atoms with Crippen LogP contribution in [0.3, 0.4) is 0 Å². The molecule has 0 atom stereocenters. The summed E-state index contributed by atoms with van der Waals surface area (Å²) in [5.74, 6) is -0.0347. The van der Waals surface area contributed by atoms with Crippen LogP contribution in [-0.2, 0) is 4.79 Å². The highest BCUT2D eigenvalue weighted by atomic mass is 16.2. The van der Waals surface area contributed by atoms with Crippen LogP contribution in [0, 0.1) is 0 Å². The molecule has 0 aromatic carbocycles. The molecule has 2 nitrogen and oxygen atoms in total. The average molecular weight is 141 g/mol. The summed E-state index contributed by atoms with van der Waals surface area (Å²) in [6.45, 7) is 9.35. The molecule has 0 aromatic rings. The molecular formula is C8H15NO. The van der Waals surface area contributed by atoms with Crippen LogP contribution < -0.4 is 0 Å². The average Bonchev–Trinajstić information content (AvgIpc) is 1.83. The van der Waals surface area contributed by atoms with Gasteiger partial charge in [0.05, 0.1) is 0 Å². The van der Waals surface area contributed by atoms with Crippen molar-refractivity contribution < 1.29 is 4.79 Å². The topological polar surface area (TPSA) is 20.3 Å². The van der Waals surface area contributed by atoms with E-state index in [0.29, 0.717) is 0 Å². The van der Waals surface area contributed by atoms with Gasteiger partial charge < -0.3 is 4.90 Å². The van der Waals surface area contributed by atoms with Gasteiger partial charge in [-0.2, -0.15) is 0 Å². The Labute approximate surface area is 62.5 Å². The first-order valence-electron chi connectivity index (χ1n) is 3.30. The lowest BCUT2D eigenvalue weighted by molar-refractivity contribution is -0.128. The maximum Gasteiger partial charge on any atom is 0.246 e. The molecule has 0 aliphatic heterocycles. The molecule has 1 amide bonds. The van der Waals surface area contributed by atoms with E-state index in [1.54, 1.807) is 11.9 Å². The van der Waals surface area contributed by atoms with Gasteiger partial charge in [0.25, 0.3) is 0 Å². The third-order valence-electron chi connectivity index (χ3n) is 1.51. The van der Waals surface area contributed by atoms with E-state index in [-0.39, 0.29) is 11.4 Å². The highest BCUT2D eigenvalue weighted by Crippen LogP contribution is 2.09. The van der Waals surface area contributed by atoms with E-state index in [1.807, 2.05) is 20.8 Å². The fourth-order valence-electron chi connectivity index (χ4n) is 0.468. The van der Waals surface area contributed by atoms with Crippen molar-refractivity contribution >= 4 is 5.91 Å². The van der Waals surface area contributed by atoms with E-state index in [4.69, 9.17) is 0 Å². The molecule has 0 saturated heterocycles. The van der Waals surface area contributed by atoms with Crippen molar-refractivity contribution in [3.05, 3.63) is 12.7 Å².